The average Bonchev–Trinajstić information content (AvgIpc) is 2.98. The number of hydrogen-bond donors (Lipinski definition) is 2. The van der Waals surface area contributed by atoms with Gasteiger partial charge in [-0.15, -0.1) is 0 Å². The highest BCUT2D eigenvalue weighted by Crippen LogP contribution is 2.31. The molecule has 5 nitrogen and oxygen atoms in total. The van der Waals surface area contributed by atoms with Crippen LogP contribution in [0, 0.1) is 0 Å². The summed E-state index contributed by atoms with van der Waals surface area (Å²) in [4.78, 5) is 14.4. The number of anilines is 1. The van der Waals surface area contributed by atoms with Crippen molar-refractivity contribution >= 4 is 11.7 Å². The van der Waals surface area contributed by atoms with Gasteiger partial charge in [0.15, 0.2) is 0 Å². The first kappa shape index (κ1) is 14.2. The first-order valence-corrected chi connectivity index (χ1v) is 7.85. The van der Waals surface area contributed by atoms with Crippen molar-refractivity contribution in [3.8, 4) is 5.75 Å². The van der Waals surface area contributed by atoms with Crippen molar-refractivity contribution in [2.24, 2.45) is 0 Å². The van der Waals surface area contributed by atoms with Gasteiger partial charge in [0, 0.05) is 30.8 Å². The molecule has 5 heteroatoms. The molecule has 0 spiro atoms. The summed E-state index contributed by atoms with van der Waals surface area (Å²) in [7, 11) is 0. The lowest BCUT2D eigenvalue weighted by Crippen LogP contribution is -2.39. The molecule has 0 bridgehead atoms. The lowest BCUT2D eigenvalue weighted by Gasteiger charge is -2.26. The molecule has 0 aromatic heterocycles. The van der Waals surface area contributed by atoms with Gasteiger partial charge >= 0.3 is 6.03 Å². The van der Waals surface area contributed by atoms with Crippen LogP contribution >= 0.6 is 0 Å². The Hall–Kier alpha value is -1.75. The lowest BCUT2D eigenvalue weighted by atomic mass is 10.1. The predicted molar refractivity (Wildman–Crippen MR) is 83.0 cm³/mol. The van der Waals surface area contributed by atoms with Gasteiger partial charge in [-0.05, 0) is 38.1 Å². The third-order valence-corrected chi connectivity index (χ3v) is 4.15. The first-order valence-electron chi connectivity index (χ1n) is 7.85. The molecule has 3 rings (SSSR count). The number of urea groups is 1. The maximum absolute atomic E-state index is 12.0. The third-order valence-electron chi connectivity index (χ3n) is 4.15. The smallest absolute Gasteiger partial charge is 0.319 e. The van der Waals surface area contributed by atoms with Crippen molar-refractivity contribution in [2.75, 3.05) is 38.1 Å². The van der Waals surface area contributed by atoms with E-state index in [9.17, 15) is 4.79 Å². The van der Waals surface area contributed by atoms with Crippen LogP contribution in [0.2, 0.25) is 0 Å². The summed E-state index contributed by atoms with van der Waals surface area (Å²) >= 11 is 0. The van der Waals surface area contributed by atoms with Crippen molar-refractivity contribution in [3.63, 3.8) is 0 Å². The van der Waals surface area contributed by atoms with Crippen LogP contribution in [0.5, 0.6) is 5.75 Å². The van der Waals surface area contributed by atoms with E-state index >= 15 is 0 Å². The van der Waals surface area contributed by atoms with Crippen LogP contribution in [0.4, 0.5) is 10.5 Å². The molecule has 0 atom stereocenters. The number of ether oxygens (including phenoxy) is 1. The van der Waals surface area contributed by atoms with E-state index in [-0.39, 0.29) is 6.03 Å². The van der Waals surface area contributed by atoms with Gasteiger partial charge in [0.1, 0.15) is 5.75 Å². The molecule has 114 valence electrons. The zero-order valence-corrected chi connectivity index (χ0v) is 12.4. The van der Waals surface area contributed by atoms with Crippen LogP contribution in [0.15, 0.2) is 18.2 Å². The highest BCUT2D eigenvalue weighted by Gasteiger charge is 2.17. The molecule has 0 aliphatic carbocycles. The number of nitrogens with one attached hydrogen (secondary N) is 2. The van der Waals surface area contributed by atoms with Gasteiger partial charge in [-0.25, -0.2) is 4.79 Å². The van der Waals surface area contributed by atoms with E-state index in [4.69, 9.17) is 4.74 Å². The minimum Gasteiger partial charge on any atom is -0.493 e. The van der Waals surface area contributed by atoms with Crippen molar-refractivity contribution in [2.45, 2.75) is 25.7 Å². The van der Waals surface area contributed by atoms with Crippen LogP contribution in [0.3, 0.4) is 0 Å². The Morgan fingerprint density at radius 1 is 1.24 bits per heavy atom. The summed E-state index contributed by atoms with van der Waals surface area (Å²) in [5.41, 5.74) is 1.96. The zero-order chi connectivity index (χ0) is 14.5. The Kier molecular flexibility index (Phi) is 4.60. The molecule has 1 fully saturated rings. The summed E-state index contributed by atoms with van der Waals surface area (Å²) in [6, 6.07) is 5.65. The summed E-state index contributed by atoms with van der Waals surface area (Å²) < 4.78 is 5.50. The number of benzene rings is 1. The molecule has 2 N–H and O–H groups in total. The van der Waals surface area contributed by atoms with Crippen LogP contribution < -0.4 is 15.4 Å². The third kappa shape index (κ3) is 3.67. The number of nitrogens with zero attached hydrogens (tertiary/aromatic N) is 1. The van der Waals surface area contributed by atoms with Gasteiger partial charge in [-0.2, -0.15) is 0 Å². The van der Waals surface area contributed by atoms with E-state index in [1.165, 1.54) is 19.3 Å². The van der Waals surface area contributed by atoms with Crippen molar-refractivity contribution in [3.05, 3.63) is 23.8 Å². The number of likely N-dealkylation sites (tertiary alicyclic amines) is 1. The maximum Gasteiger partial charge on any atom is 0.319 e. The fourth-order valence-electron chi connectivity index (χ4n) is 3.02. The van der Waals surface area contributed by atoms with Crippen LogP contribution in [-0.4, -0.2) is 43.7 Å². The van der Waals surface area contributed by atoms with Crippen molar-refractivity contribution in [1.29, 1.82) is 0 Å². The Labute approximate surface area is 125 Å². The molecule has 0 saturated carbocycles. The maximum atomic E-state index is 12.0. The molecule has 21 heavy (non-hydrogen) atoms. The number of piperidine rings is 1. The second kappa shape index (κ2) is 6.80. The summed E-state index contributed by atoms with van der Waals surface area (Å²) in [5, 5.41) is 5.87. The van der Waals surface area contributed by atoms with E-state index in [0.29, 0.717) is 13.2 Å². The quantitative estimate of drug-likeness (QED) is 0.893. The monoisotopic (exact) mass is 289 g/mol. The fraction of sp³-hybridized carbons (Fsp3) is 0.562. The fourth-order valence-corrected chi connectivity index (χ4v) is 3.02. The van der Waals surface area contributed by atoms with Gasteiger partial charge in [-0.3, -0.25) is 0 Å². The lowest BCUT2D eigenvalue weighted by molar-refractivity contribution is 0.224. The Morgan fingerprint density at radius 2 is 2.10 bits per heavy atom. The predicted octanol–water partition coefficient (Wildman–Crippen LogP) is 2.23. The minimum absolute atomic E-state index is 0.132. The molecule has 2 amide bonds. The highest BCUT2D eigenvalue weighted by molar-refractivity contribution is 5.90. The Morgan fingerprint density at radius 3 is 2.95 bits per heavy atom. The molecule has 2 aliphatic rings. The van der Waals surface area contributed by atoms with Crippen LogP contribution in [0.25, 0.3) is 0 Å². The molecule has 1 aromatic rings. The number of fused-ring (bicyclic) bond motifs is 1. The average molecular weight is 289 g/mol. The number of hydrogen-bond acceptors (Lipinski definition) is 3. The van der Waals surface area contributed by atoms with E-state index in [2.05, 4.69) is 15.5 Å². The molecule has 2 aliphatic heterocycles. The Balaban J connectivity index is 1.45. The zero-order valence-electron chi connectivity index (χ0n) is 12.4. The number of rotatable bonds is 4. The molecule has 0 radical (unpaired) electrons. The SMILES string of the molecule is O=C(NCCN1CCCCC1)Nc1cccc2c1CCO2. The standard InChI is InChI=1S/C16H23N3O2/c20-16(17-8-11-19-9-2-1-3-10-19)18-14-5-4-6-15-13(14)7-12-21-15/h4-6H,1-3,7-12H2,(H2,17,18,20). The largest absolute Gasteiger partial charge is 0.493 e. The van der Waals surface area contributed by atoms with Gasteiger partial charge < -0.3 is 20.3 Å². The number of amides is 2. The summed E-state index contributed by atoms with van der Waals surface area (Å²) in [6.45, 7) is 4.64. The highest BCUT2D eigenvalue weighted by atomic mass is 16.5. The van der Waals surface area contributed by atoms with E-state index in [0.717, 1.165) is 43.1 Å². The molecule has 1 aromatic carbocycles. The molecule has 0 unspecified atom stereocenters. The van der Waals surface area contributed by atoms with Gasteiger partial charge in [-0.1, -0.05) is 12.5 Å². The van der Waals surface area contributed by atoms with E-state index in [1.54, 1.807) is 0 Å². The summed E-state index contributed by atoms with van der Waals surface area (Å²) in [5.74, 6) is 0.890. The van der Waals surface area contributed by atoms with E-state index < -0.39 is 0 Å². The van der Waals surface area contributed by atoms with Crippen molar-refractivity contribution < 1.29 is 9.53 Å². The van der Waals surface area contributed by atoms with Crippen LogP contribution in [-0.2, 0) is 6.42 Å². The van der Waals surface area contributed by atoms with Gasteiger partial charge in [0.25, 0.3) is 0 Å². The topological polar surface area (TPSA) is 53.6 Å². The normalized spacial score (nSPS) is 17.9. The molecular weight excluding hydrogens is 266 g/mol. The van der Waals surface area contributed by atoms with Crippen LogP contribution in [0.1, 0.15) is 24.8 Å². The number of carbonyl (C=O) groups excluding carboxylic acids is 1. The number of carbonyl (C=O) groups is 1. The molecule has 2 heterocycles. The van der Waals surface area contributed by atoms with Gasteiger partial charge in [0.2, 0.25) is 0 Å². The minimum atomic E-state index is -0.132. The first-order chi connectivity index (χ1) is 10.3. The summed E-state index contributed by atoms with van der Waals surface area (Å²) in [6.07, 6.45) is 4.76. The second-order valence-electron chi connectivity index (χ2n) is 5.66. The Bertz CT molecular complexity index is 498. The molecular formula is C16H23N3O2. The second-order valence-corrected chi connectivity index (χ2v) is 5.66. The van der Waals surface area contributed by atoms with E-state index in [1.807, 2.05) is 18.2 Å². The molecule has 1 saturated heterocycles. The van der Waals surface area contributed by atoms with Crippen molar-refractivity contribution in [1.82, 2.24) is 10.2 Å². The van der Waals surface area contributed by atoms with Gasteiger partial charge in [0.05, 0.1) is 6.61 Å².